The van der Waals surface area contributed by atoms with Gasteiger partial charge in [0.2, 0.25) is 11.8 Å². The number of para-hydroxylation sites is 1. The zero-order chi connectivity index (χ0) is 13.7. The van der Waals surface area contributed by atoms with E-state index in [-0.39, 0.29) is 17.7 Å². The monoisotopic (exact) mass is 260 g/mol. The van der Waals surface area contributed by atoms with E-state index in [1.807, 2.05) is 30.3 Å². The number of hydrogen-bond acceptors (Lipinski definition) is 2. The predicted octanol–water partition coefficient (Wildman–Crippen LogP) is 1.96. The van der Waals surface area contributed by atoms with E-state index in [9.17, 15) is 9.59 Å². The lowest BCUT2D eigenvalue weighted by Crippen LogP contribution is -2.33. The first kappa shape index (κ1) is 13.6. The van der Waals surface area contributed by atoms with Crippen LogP contribution in [-0.4, -0.2) is 24.9 Å². The third-order valence-corrected chi connectivity index (χ3v) is 3.39. The molecule has 19 heavy (non-hydrogen) atoms. The lowest BCUT2D eigenvalue weighted by Gasteiger charge is -2.16. The van der Waals surface area contributed by atoms with Gasteiger partial charge in [0.1, 0.15) is 0 Å². The van der Waals surface area contributed by atoms with Crippen LogP contribution in [0.25, 0.3) is 0 Å². The third-order valence-electron chi connectivity index (χ3n) is 3.39. The summed E-state index contributed by atoms with van der Waals surface area (Å²) >= 11 is 0. The summed E-state index contributed by atoms with van der Waals surface area (Å²) in [6.45, 7) is 3.27. The Morgan fingerprint density at radius 3 is 2.79 bits per heavy atom. The van der Waals surface area contributed by atoms with E-state index in [0.29, 0.717) is 19.5 Å². The highest BCUT2D eigenvalue weighted by Crippen LogP contribution is 2.24. The number of carbonyl (C=O) groups is 2. The molecule has 2 amide bonds. The van der Waals surface area contributed by atoms with Crippen LogP contribution in [0.15, 0.2) is 30.3 Å². The largest absolute Gasteiger partial charge is 0.356 e. The van der Waals surface area contributed by atoms with Crippen molar-refractivity contribution >= 4 is 17.5 Å². The first-order chi connectivity index (χ1) is 9.22. The molecule has 1 atom stereocenters. The van der Waals surface area contributed by atoms with Crippen molar-refractivity contribution in [2.45, 2.75) is 26.2 Å². The summed E-state index contributed by atoms with van der Waals surface area (Å²) in [5.41, 5.74) is 0.872. The van der Waals surface area contributed by atoms with Crippen molar-refractivity contribution in [3.8, 4) is 0 Å². The Bertz CT molecular complexity index is 445. The molecular weight excluding hydrogens is 240 g/mol. The first-order valence-electron chi connectivity index (χ1n) is 6.85. The number of amides is 2. The Balaban J connectivity index is 1.94. The van der Waals surface area contributed by atoms with Crippen LogP contribution in [0.5, 0.6) is 0 Å². The molecule has 1 aromatic carbocycles. The average molecular weight is 260 g/mol. The Kier molecular flexibility index (Phi) is 4.55. The fourth-order valence-electron chi connectivity index (χ4n) is 2.27. The fraction of sp³-hybridized carbons (Fsp3) is 0.467. The van der Waals surface area contributed by atoms with Gasteiger partial charge in [-0.1, -0.05) is 31.5 Å². The van der Waals surface area contributed by atoms with Gasteiger partial charge in [-0.15, -0.1) is 0 Å². The van der Waals surface area contributed by atoms with E-state index < -0.39 is 0 Å². The minimum Gasteiger partial charge on any atom is -0.356 e. The summed E-state index contributed by atoms with van der Waals surface area (Å²) in [5, 5.41) is 2.90. The van der Waals surface area contributed by atoms with Gasteiger partial charge in [0.15, 0.2) is 0 Å². The van der Waals surface area contributed by atoms with Crippen molar-refractivity contribution in [3.63, 3.8) is 0 Å². The second-order valence-electron chi connectivity index (χ2n) is 4.89. The van der Waals surface area contributed by atoms with E-state index >= 15 is 0 Å². The molecule has 0 aromatic heterocycles. The minimum atomic E-state index is -0.218. The van der Waals surface area contributed by atoms with E-state index in [4.69, 9.17) is 0 Å². The Hall–Kier alpha value is -1.84. The number of rotatable bonds is 5. The molecule has 4 heteroatoms. The molecule has 1 saturated heterocycles. The van der Waals surface area contributed by atoms with Crippen molar-refractivity contribution in [2.75, 3.05) is 18.0 Å². The van der Waals surface area contributed by atoms with Gasteiger partial charge in [-0.3, -0.25) is 9.59 Å². The number of benzene rings is 1. The maximum absolute atomic E-state index is 12.0. The van der Waals surface area contributed by atoms with Crippen LogP contribution < -0.4 is 10.2 Å². The van der Waals surface area contributed by atoms with Crippen LogP contribution >= 0.6 is 0 Å². The molecule has 102 valence electrons. The third kappa shape index (κ3) is 3.34. The predicted molar refractivity (Wildman–Crippen MR) is 74.8 cm³/mol. The van der Waals surface area contributed by atoms with Crippen molar-refractivity contribution in [1.29, 1.82) is 0 Å². The highest BCUT2D eigenvalue weighted by atomic mass is 16.2. The van der Waals surface area contributed by atoms with Crippen molar-refractivity contribution in [2.24, 2.45) is 5.92 Å². The van der Waals surface area contributed by atoms with Crippen LogP contribution in [0.2, 0.25) is 0 Å². The molecular formula is C15H20N2O2. The molecule has 0 saturated carbocycles. The summed E-state index contributed by atoms with van der Waals surface area (Å²) in [5.74, 6) is -0.188. The zero-order valence-corrected chi connectivity index (χ0v) is 11.3. The topological polar surface area (TPSA) is 49.4 Å². The normalized spacial score (nSPS) is 18.7. The molecule has 1 heterocycles. The molecule has 0 spiro atoms. The van der Waals surface area contributed by atoms with Crippen molar-refractivity contribution in [1.82, 2.24) is 5.32 Å². The molecule has 0 bridgehead atoms. The van der Waals surface area contributed by atoms with Gasteiger partial charge in [-0.25, -0.2) is 0 Å². The summed E-state index contributed by atoms with van der Waals surface area (Å²) < 4.78 is 0. The lowest BCUT2D eigenvalue weighted by molar-refractivity contribution is -0.126. The molecule has 1 aliphatic heterocycles. The summed E-state index contributed by atoms with van der Waals surface area (Å²) in [7, 11) is 0. The van der Waals surface area contributed by atoms with Gasteiger partial charge in [-0.05, 0) is 18.6 Å². The maximum atomic E-state index is 12.0. The number of unbranched alkanes of at least 4 members (excludes halogenated alkanes) is 1. The van der Waals surface area contributed by atoms with Gasteiger partial charge >= 0.3 is 0 Å². The van der Waals surface area contributed by atoms with Crippen LogP contribution in [0.1, 0.15) is 26.2 Å². The zero-order valence-electron chi connectivity index (χ0n) is 11.3. The summed E-state index contributed by atoms with van der Waals surface area (Å²) in [4.78, 5) is 25.6. The lowest BCUT2D eigenvalue weighted by atomic mass is 10.1. The molecule has 2 rings (SSSR count). The Morgan fingerprint density at radius 1 is 1.37 bits per heavy atom. The van der Waals surface area contributed by atoms with Gasteiger partial charge in [0.25, 0.3) is 0 Å². The van der Waals surface area contributed by atoms with Gasteiger partial charge in [-0.2, -0.15) is 0 Å². The number of carbonyl (C=O) groups excluding carboxylic acids is 2. The van der Waals surface area contributed by atoms with E-state index in [1.54, 1.807) is 4.90 Å². The average Bonchev–Trinajstić information content (AvgIpc) is 2.82. The highest BCUT2D eigenvalue weighted by Gasteiger charge is 2.34. The molecule has 1 N–H and O–H groups in total. The molecule has 0 unspecified atom stereocenters. The molecule has 0 radical (unpaired) electrons. The maximum Gasteiger partial charge on any atom is 0.227 e. The summed E-state index contributed by atoms with van der Waals surface area (Å²) in [6, 6.07) is 9.51. The Labute approximate surface area is 113 Å². The molecule has 1 aliphatic rings. The van der Waals surface area contributed by atoms with Gasteiger partial charge < -0.3 is 10.2 Å². The fourth-order valence-corrected chi connectivity index (χ4v) is 2.27. The van der Waals surface area contributed by atoms with Gasteiger partial charge in [0, 0.05) is 25.2 Å². The molecule has 1 fully saturated rings. The number of anilines is 1. The van der Waals surface area contributed by atoms with E-state index in [0.717, 1.165) is 18.5 Å². The van der Waals surface area contributed by atoms with E-state index in [2.05, 4.69) is 12.2 Å². The van der Waals surface area contributed by atoms with Crippen molar-refractivity contribution < 1.29 is 9.59 Å². The van der Waals surface area contributed by atoms with Crippen LogP contribution in [0.4, 0.5) is 5.69 Å². The van der Waals surface area contributed by atoms with Gasteiger partial charge in [0.05, 0.1) is 5.92 Å². The van der Waals surface area contributed by atoms with Crippen molar-refractivity contribution in [3.05, 3.63) is 30.3 Å². The van der Waals surface area contributed by atoms with Crippen LogP contribution in [0.3, 0.4) is 0 Å². The minimum absolute atomic E-state index is 0.000214. The van der Waals surface area contributed by atoms with Crippen LogP contribution in [0, 0.1) is 5.92 Å². The summed E-state index contributed by atoms with van der Waals surface area (Å²) in [6.07, 6.45) is 2.35. The highest BCUT2D eigenvalue weighted by molar-refractivity contribution is 6.00. The quantitative estimate of drug-likeness (QED) is 0.823. The SMILES string of the molecule is CCCCNC(=O)[C@H]1CC(=O)N(c2ccccc2)C1. The Morgan fingerprint density at radius 2 is 2.11 bits per heavy atom. The van der Waals surface area contributed by atoms with Crippen LogP contribution in [-0.2, 0) is 9.59 Å². The standard InChI is InChI=1S/C15H20N2O2/c1-2-3-9-16-15(19)12-10-14(18)17(11-12)13-7-5-4-6-8-13/h4-8,12H,2-3,9-11H2,1H3,(H,16,19)/t12-/m0/s1. The number of nitrogens with one attached hydrogen (secondary N) is 1. The number of hydrogen-bond donors (Lipinski definition) is 1. The second-order valence-corrected chi connectivity index (χ2v) is 4.89. The van der Waals surface area contributed by atoms with E-state index in [1.165, 1.54) is 0 Å². The molecule has 4 nitrogen and oxygen atoms in total. The molecule has 0 aliphatic carbocycles. The number of nitrogens with zero attached hydrogens (tertiary/aromatic N) is 1. The smallest absolute Gasteiger partial charge is 0.227 e. The second kappa shape index (κ2) is 6.36. The first-order valence-corrected chi connectivity index (χ1v) is 6.85. The molecule has 1 aromatic rings.